The first-order valence-electron chi connectivity index (χ1n) is 11.5. The van der Waals surface area contributed by atoms with Gasteiger partial charge in [0.25, 0.3) is 0 Å². The molecule has 0 N–H and O–H groups in total. The van der Waals surface area contributed by atoms with Gasteiger partial charge in [-0.3, -0.25) is 4.98 Å². The van der Waals surface area contributed by atoms with Crippen molar-refractivity contribution < 1.29 is 17.5 Å². The number of imidazole rings is 1. The lowest BCUT2D eigenvalue weighted by molar-refractivity contribution is 0.278. The summed E-state index contributed by atoms with van der Waals surface area (Å²) in [5.74, 6) is 0.479. The highest BCUT2D eigenvalue weighted by atomic mass is 32.2. The monoisotopic (exact) mass is 495 g/mol. The molecule has 0 aliphatic carbocycles. The third-order valence-corrected chi connectivity index (χ3v) is 8.45. The number of fused-ring (bicyclic) bond motifs is 1. The van der Waals surface area contributed by atoms with E-state index in [0.717, 1.165) is 18.2 Å². The van der Waals surface area contributed by atoms with E-state index < -0.39 is 15.8 Å². The largest absolute Gasteiger partial charge is 0.494 e. The van der Waals surface area contributed by atoms with Crippen LogP contribution in [0.5, 0.6) is 5.75 Å². The van der Waals surface area contributed by atoms with Crippen LogP contribution >= 0.6 is 0 Å². The average Bonchev–Trinajstić information content (AvgIpc) is 3.28. The molecule has 10 heteroatoms. The van der Waals surface area contributed by atoms with Crippen molar-refractivity contribution in [3.63, 3.8) is 0 Å². The number of hydrogen-bond acceptors (Lipinski definition) is 6. The summed E-state index contributed by atoms with van der Waals surface area (Å²) in [5, 5.41) is 0. The molecule has 4 heterocycles. The van der Waals surface area contributed by atoms with Crippen LogP contribution in [0.1, 0.15) is 31.4 Å². The van der Waals surface area contributed by atoms with Gasteiger partial charge in [-0.25, -0.2) is 22.8 Å². The Bertz CT molecular complexity index is 1460. The highest BCUT2D eigenvalue weighted by molar-refractivity contribution is 7.89. The molecule has 0 bridgehead atoms. The number of hydrogen-bond donors (Lipinski definition) is 0. The molecule has 0 unspecified atom stereocenters. The van der Waals surface area contributed by atoms with Crippen molar-refractivity contribution in [2.75, 3.05) is 20.2 Å². The SMILES string of the molecule is CCc1ccc(S(=O)(=O)N2CCC(n3c(-c4ccncc4F)nc4c(OC)ccnc43)CC2)cc1. The fraction of sp³-hybridized carbons (Fsp3) is 0.320. The average molecular weight is 496 g/mol. The van der Waals surface area contributed by atoms with Gasteiger partial charge < -0.3 is 9.30 Å². The van der Waals surface area contributed by atoms with Crippen LogP contribution in [-0.2, 0) is 16.4 Å². The van der Waals surface area contributed by atoms with Crippen LogP contribution in [0, 0.1) is 5.82 Å². The molecule has 5 rings (SSSR count). The molecule has 0 saturated carbocycles. The lowest BCUT2D eigenvalue weighted by Gasteiger charge is -2.32. The lowest BCUT2D eigenvalue weighted by Crippen LogP contribution is -2.39. The molecule has 1 fully saturated rings. The number of benzene rings is 1. The van der Waals surface area contributed by atoms with Crippen molar-refractivity contribution in [3.8, 4) is 17.1 Å². The van der Waals surface area contributed by atoms with E-state index in [9.17, 15) is 12.8 Å². The summed E-state index contributed by atoms with van der Waals surface area (Å²) >= 11 is 0. The first-order chi connectivity index (χ1) is 16.9. The second kappa shape index (κ2) is 9.35. The maximum Gasteiger partial charge on any atom is 0.243 e. The molecule has 4 aromatic rings. The molecule has 1 aromatic carbocycles. The molecule has 0 amide bonds. The molecule has 8 nitrogen and oxygen atoms in total. The molecule has 0 atom stereocenters. The number of methoxy groups -OCH3 is 1. The topological polar surface area (TPSA) is 90.2 Å². The van der Waals surface area contributed by atoms with Crippen molar-refractivity contribution in [2.24, 2.45) is 0 Å². The van der Waals surface area contributed by atoms with Gasteiger partial charge in [0, 0.05) is 37.6 Å². The first-order valence-corrected chi connectivity index (χ1v) is 13.0. The molecule has 0 spiro atoms. The third-order valence-electron chi connectivity index (χ3n) is 6.53. The van der Waals surface area contributed by atoms with Crippen LogP contribution in [0.25, 0.3) is 22.6 Å². The van der Waals surface area contributed by atoms with E-state index in [1.54, 1.807) is 37.6 Å². The molecular formula is C25H26FN5O3S. The zero-order chi connectivity index (χ0) is 24.6. The van der Waals surface area contributed by atoms with Crippen molar-refractivity contribution in [3.05, 3.63) is 66.4 Å². The highest BCUT2D eigenvalue weighted by Gasteiger charge is 2.32. The van der Waals surface area contributed by atoms with Gasteiger partial charge in [0.05, 0.1) is 23.8 Å². The number of halogens is 1. The fourth-order valence-corrected chi connectivity index (χ4v) is 6.08. The number of nitrogens with zero attached hydrogens (tertiary/aromatic N) is 5. The Morgan fingerprint density at radius 2 is 1.83 bits per heavy atom. The molecule has 3 aromatic heterocycles. The van der Waals surface area contributed by atoms with Crippen molar-refractivity contribution >= 4 is 21.2 Å². The summed E-state index contributed by atoms with van der Waals surface area (Å²) in [6.07, 6.45) is 6.23. The Morgan fingerprint density at radius 1 is 1.09 bits per heavy atom. The van der Waals surface area contributed by atoms with Gasteiger partial charge in [-0.1, -0.05) is 19.1 Å². The number of pyridine rings is 2. The lowest BCUT2D eigenvalue weighted by atomic mass is 10.1. The maximum absolute atomic E-state index is 14.7. The smallest absolute Gasteiger partial charge is 0.243 e. The Kier molecular flexibility index (Phi) is 6.24. The van der Waals surface area contributed by atoms with Gasteiger partial charge in [-0.15, -0.1) is 0 Å². The standard InChI is InChI=1S/C25H26FN5O3S/c1-3-17-4-6-19(7-5-17)35(32,33)30-14-10-18(11-15-30)31-24(20-8-12-27-16-21(20)26)29-23-22(34-2)9-13-28-25(23)31/h4-9,12-13,16,18H,3,10-11,14-15H2,1-2H3. The number of aryl methyl sites for hydroxylation is 1. The van der Waals surface area contributed by atoms with E-state index >= 15 is 0 Å². The van der Waals surface area contributed by atoms with Crippen molar-refractivity contribution in [1.29, 1.82) is 0 Å². The van der Waals surface area contributed by atoms with Gasteiger partial charge in [-0.2, -0.15) is 4.31 Å². The van der Waals surface area contributed by atoms with Crippen LogP contribution in [0.2, 0.25) is 0 Å². The van der Waals surface area contributed by atoms with Crippen LogP contribution in [0.3, 0.4) is 0 Å². The van der Waals surface area contributed by atoms with Gasteiger partial charge in [0.2, 0.25) is 10.0 Å². The van der Waals surface area contributed by atoms with E-state index in [1.165, 1.54) is 10.5 Å². The van der Waals surface area contributed by atoms with Crippen LogP contribution < -0.4 is 4.74 Å². The van der Waals surface area contributed by atoms with Crippen molar-refractivity contribution in [2.45, 2.75) is 37.1 Å². The predicted molar refractivity (Wildman–Crippen MR) is 130 cm³/mol. The Labute approximate surface area is 203 Å². The van der Waals surface area contributed by atoms with E-state index in [1.807, 2.05) is 23.6 Å². The highest BCUT2D eigenvalue weighted by Crippen LogP contribution is 2.36. The summed E-state index contributed by atoms with van der Waals surface area (Å²) in [6.45, 7) is 2.71. The summed E-state index contributed by atoms with van der Waals surface area (Å²) < 4.78 is 50.1. The summed E-state index contributed by atoms with van der Waals surface area (Å²) in [6, 6.07) is 10.2. The summed E-state index contributed by atoms with van der Waals surface area (Å²) in [7, 11) is -2.04. The fourth-order valence-electron chi connectivity index (χ4n) is 4.61. The second-order valence-electron chi connectivity index (χ2n) is 8.48. The minimum absolute atomic E-state index is 0.115. The number of ether oxygens (including phenoxy) is 1. The Morgan fingerprint density at radius 3 is 2.49 bits per heavy atom. The summed E-state index contributed by atoms with van der Waals surface area (Å²) in [4.78, 5) is 13.4. The zero-order valence-electron chi connectivity index (χ0n) is 19.6. The second-order valence-corrected chi connectivity index (χ2v) is 10.4. The zero-order valence-corrected chi connectivity index (χ0v) is 20.4. The van der Waals surface area contributed by atoms with Gasteiger partial charge in [0.1, 0.15) is 11.6 Å². The van der Waals surface area contributed by atoms with Crippen LogP contribution in [-0.4, -0.2) is 52.4 Å². The minimum Gasteiger partial charge on any atom is -0.494 e. The van der Waals surface area contributed by atoms with E-state index in [2.05, 4.69) is 9.97 Å². The Balaban J connectivity index is 1.49. The number of aromatic nitrogens is 4. The molecule has 1 aliphatic rings. The number of sulfonamides is 1. The van der Waals surface area contributed by atoms with Gasteiger partial charge >= 0.3 is 0 Å². The molecular weight excluding hydrogens is 469 g/mol. The quantitative estimate of drug-likeness (QED) is 0.398. The number of rotatable bonds is 6. The van der Waals surface area contributed by atoms with Crippen LogP contribution in [0.4, 0.5) is 4.39 Å². The van der Waals surface area contributed by atoms with Gasteiger partial charge in [-0.05, 0) is 43.0 Å². The molecule has 1 aliphatic heterocycles. The van der Waals surface area contributed by atoms with E-state index in [0.29, 0.717) is 59.1 Å². The first kappa shape index (κ1) is 23.4. The van der Waals surface area contributed by atoms with Crippen LogP contribution in [0.15, 0.2) is 59.9 Å². The normalized spacial score (nSPS) is 15.5. The predicted octanol–water partition coefficient (Wildman–Crippen LogP) is 4.23. The van der Waals surface area contributed by atoms with Gasteiger partial charge in [0.15, 0.2) is 17.0 Å². The molecule has 182 valence electrons. The van der Waals surface area contributed by atoms with Crippen molar-refractivity contribution in [1.82, 2.24) is 23.8 Å². The third kappa shape index (κ3) is 4.17. The molecule has 1 saturated heterocycles. The minimum atomic E-state index is -3.60. The molecule has 35 heavy (non-hydrogen) atoms. The Hall–Kier alpha value is -3.37. The molecule has 0 radical (unpaired) electrons. The van der Waals surface area contributed by atoms with E-state index in [-0.39, 0.29) is 6.04 Å². The van der Waals surface area contributed by atoms with E-state index in [4.69, 9.17) is 9.72 Å². The summed E-state index contributed by atoms with van der Waals surface area (Å²) in [5.41, 5.74) is 2.51. The number of piperidine rings is 1. The maximum atomic E-state index is 14.7.